The second kappa shape index (κ2) is 7.72. The topological polar surface area (TPSA) is 122 Å². The molecular formula is C14H26N2O5. The average molecular weight is 302 g/mol. The van der Waals surface area contributed by atoms with E-state index in [4.69, 9.17) is 15.6 Å². The zero-order valence-corrected chi connectivity index (χ0v) is 12.7. The van der Waals surface area contributed by atoms with Crippen molar-refractivity contribution in [3.63, 3.8) is 0 Å². The van der Waals surface area contributed by atoms with Gasteiger partial charge in [-0.05, 0) is 31.1 Å². The van der Waals surface area contributed by atoms with Gasteiger partial charge in [-0.2, -0.15) is 0 Å². The Balaban J connectivity index is 2.74. The van der Waals surface area contributed by atoms with E-state index in [9.17, 15) is 14.7 Å². The summed E-state index contributed by atoms with van der Waals surface area (Å²) in [5.41, 5.74) is 4.91. The highest BCUT2D eigenvalue weighted by molar-refractivity contribution is 5.74. The van der Waals surface area contributed by atoms with Gasteiger partial charge in [-0.3, -0.25) is 14.9 Å². The number of nitrogens with two attached hydrogens (primary N) is 1. The first-order valence-electron chi connectivity index (χ1n) is 7.31. The quantitative estimate of drug-likeness (QED) is 0.461. The van der Waals surface area contributed by atoms with Gasteiger partial charge in [0.25, 0.3) is 0 Å². The molecule has 7 heteroatoms. The van der Waals surface area contributed by atoms with Crippen molar-refractivity contribution < 1.29 is 24.5 Å². The normalized spacial score (nSPS) is 23.0. The summed E-state index contributed by atoms with van der Waals surface area (Å²) in [6.45, 7) is 5.04. The van der Waals surface area contributed by atoms with Crippen LogP contribution in [0.25, 0.3) is 0 Å². The van der Waals surface area contributed by atoms with Crippen molar-refractivity contribution in [3.8, 4) is 0 Å². The van der Waals surface area contributed by atoms with E-state index in [0.717, 1.165) is 6.42 Å². The first-order valence-corrected chi connectivity index (χ1v) is 7.31. The van der Waals surface area contributed by atoms with Crippen LogP contribution in [0.15, 0.2) is 0 Å². The summed E-state index contributed by atoms with van der Waals surface area (Å²) in [6.07, 6.45) is 1.30. The summed E-state index contributed by atoms with van der Waals surface area (Å²) < 4.78 is 5.25. The van der Waals surface area contributed by atoms with Crippen molar-refractivity contribution in [2.24, 2.45) is 17.6 Å². The van der Waals surface area contributed by atoms with E-state index >= 15 is 0 Å². The molecule has 5 N–H and O–H groups in total. The van der Waals surface area contributed by atoms with Gasteiger partial charge >= 0.3 is 11.9 Å². The summed E-state index contributed by atoms with van der Waals surface area (Å²) in [5, 5.41) is 21.2. The van der Waals surface area contributed by atoms with Gasteiger partial charge in [-0.1, -0.05) is 13.8 Å². The number of carboxylic acid groups (broad SMARTS) is 2. The number of ether oxygens (including phenoxy) is 1. The van der Waals surface area contributed by atoms with Crippen LogP contribution in [-0.2, 0) is 14.3 Å². The predicted octanol–water partition coefficient (Wildman–Crippen LogP) is 0.632. The van der Waals surface area contributed by atoms with E-state index in [2.05, 4.69) is 5.32 Å². The molecule has 0 aromatic rings. The molecule has 21 heavy (non-hydrogen) atoms. The van der Waals surface area contributed by atoms with E-state index in [1.54, 1.807) is 0 Å². The summed E-state index contributed by atoms with van der Waals surface area (Å²) >= 11 is 0. The maximum atomic E-state index is 11.4. The highest BCUT2D eigenvalue weighted by Gasteiger charge is 2.35. The number of carboxylic acids is 2. The van der Waals surface area contributed by atoms with Gasteiger partial charge in [0.2, 0.25) is 0 Å². The standard InChI is InChI=1S/C14H26N2O5/c1-9(2)6-14(15,7-12(17)18)16-11(13(19)20)5-10-3-4-21-8-10/h9-11,16H,3-8,15H2,1-2H3,(H,17,18)(H,19,20). The fourth-order valence-corrected chi connectivity index (χ4v) is 2.85. The lowest BCUT2D eigenvalue weighted by molar-refractivity contribution is -0.143. The third-order valence-electron chi connectivity index (χ3n) is 3.59. The smallest absolute Gasteiger partial charge is 0.320 e. The van der Waals surface area contributed by atoms with E-state index in [0.29, 0.717) is 26.1 Å². The van der Waals surface area contributed by atoms with Crippen molar-refractivity contribution in [2.75, 3.05) is 13.2 Å². The molecule has 0 radical (unpaired) electrons. The van der Waals surface area contributed by atoms with Crippen LogP contribution < -0.4 is 11.1 Å². The zero-order chi connectivity index (χ0) is 16.0. The minimum absolute atomic E-state index is 0.158. The van der Waals surface area contributed by atoms with Crippen LogP contribution >= 0.6 is 0 Å². The second-order valence-corrected chi connectivity index (χ2v) is 6.33. The molecule has 1 aliphatic heterocycles. The van der Waals surface area contributed by atoms with Crippen LogP contribution in [0.4, 0.5) is 0 Å². The third kappa shape index (κ3) is 6.41. The predicted molar refractivity (Wildman–Crippen MR) is 76.7 cm³/mol. The van der Waals surface area contributed by atoms with Crippen molar-refractivity contribution >= 4 is 11.9 Å². The number of carbonyl (C=O) groups is 2. The molecule has 1 saturated heterocycles. The molecule has 1 rings (SSSR count). The van der Waals surface area contributed by atoms with Gasteiger partial charge in [0.15, 0.2) is 0 Å². The number of nitrogens with one attached hydrogen (secondary N) is 1. The number of hydrogen-bond acceptors (Lipinski definition) is 5. The number of aliphatic carboxylic acids is 2. The van der Waals surface area contributed by atoms with Gasteiger partial charge in [0.05, 0.1) is 12.1 Å². The van der Waals surface area contributed by atoms with Gasteiger partial charge in [-0.15, -0.1) is 0 Å². The Morgan fingerprint density at radius 3 is 2.52 bits per heavy atom. The molecule has 0 aliphatic carbocycles. The van der Waals surface area contributed by atoms with Gasteiger partial charge in [0, 0.05) is 13.2 Å². The Bertz CT molecular complexity index is 368. The Labute approximate surface area is 124 Å². The lowest BCUT2D eigenvalue weighted by Crippen LogP contribution is -2.61. The van der Waals surface area contributed by atoms with Gasteiger partial charge in [-0.25, -0.2) is 0 Å². The fraction of sp³-hybridized carbons (Fsp3) is 0.857. The van der Waals surface area contributed by atoms with E-state index in [1.165, 1.54) is 0 Å². The Kier molecular flexibility index (Phi) is 6.57. The molecular weight excluding hydrogens is 276 g/mol. The van der Waals surface area contributed by atoms with E-state index < -0.39 is 23.6 Å². The lowest BCUT2D eigenvalue weighted by Gasteiger charge is -2.34. The second-order valence-electron chi connectivity index (χ2n) is 6.33. The third-order valence-corrected chi connectivity index (χ3v) is 3.59. The van der Waals surface area contributed by atoms with Crippen LogP contribution in [0.3, 0.4) is 0 Å². The number of rotatable bonds is 9. The first kappa shape index (κ1) is 17.9. The van der Waals surface area contributed by atoms with Crippen LogP contribution in [0.1, 0.15) is 39.5 Å². The van der Waals surface area contributed by atoms with E-state index in [-0.39, 0.29) is 18.3 Å². The lowest BCUT2D eigenvalue weighted by atomic mass is 9.91. The molecule has 3 atom stereocenters. The Hall–Kier alpha value is -1.18. The Morgan fingerprint density at radius 1 is 1.43 bits per heavy atom. The molecule has 0 bridgehead atoms. The highest BCUT2D eigenvalue weighted by Crippen LogP contribution is 2.22. The zero-order valence-electron chi connectivity index (χ0n) is 12.7. The molecule has 0 amide bonds. The molecule has 0 aromatic carbocycles. The van der Waals surface area contributed by atoms with Gasteiger partial charge in [0.1, 0.15) is 6.04 Å². The van der Waals surface area contributed by atoms with Crippen LogP contribution in [0.5, 0.6) is 0 Å². The van der Waals surface area contributed by atoms with Crippen LogP contribution in [0.2, 0.25) is 0 Å². The Morgan fingerprint density at radius 2 is 2.10 bits per heavy atom. The van der Waals surface area contributed by atoms with Crippen molar-refractivity contribution in [1.82, 2.24) is 5.32 Å². The minimum atomic E-state index is -1.22. The first-order chi connectivity index (χ1) is 9.72. The summed E-state index contributed by atoms with van der Waals surface area (Å²) in [5.74, 6) is -1.72. The van der Waals surface area contributed by atoms with E-state index in [1.807, 2.05) is 13.8 Å². The molecule has 3 unspecified atom stereocenters. The number of hydrogen-bond donors (Lipinski definition) is 4. The van der Waals surface area contributed by atoms with Crippen molar-refractivity contribution in [1.29, 1.82) is 0 Å². The molecule has 122 valence electrons. The summed E-state index contributed by atoms with van der Waals surface area (Å²) in [7, 11) is 0. The average Bonchev–Trinajstić information content (AvgIpc) is 2.77. The summed E-state index contributed by atoms with van der Waals surface area (Å²) in [4.78, 5) is 22.4. The molecule has 0 aromatic heterocycles. The molecule has 1 heterocycles. The minimum Gasteiger partial charge on any atom is -0.481 e. The maximum absolute atomic E-state index is 11.4. The van der Waals surface area contributed by atoms with Crippen molar-refractivity contribution in [3.05, 3.63) is 0 Å². The monoisotopic (exact) mass is 302 g/mol. The molecule has 1 fully saturated rings. The van der Waals surface area contributed by atoms with Crippen LogP contribution in [-0.4, -0.2) is 47.1 Å². The fourth-order valence-electron chi connectivity index (χ4n) is 2.85. The molecule has 1 aliphatic rings. The van der Waals surface area contributed by atoms with Crippen molar-refractivity contribution in [2.45, 2.75) is 51.2 Å². The largest absolute Gasteiger partial charge is 0.481 e. The highest BCUT2D eigenvalue weighted by atomic mass is 16.5. The molecule has 0 saturated carbocycles. The molecule has 0 spiro atoms. The summed E-state index contributed by atoms with van der Waals surface area (Å²) in [6, 6.07) is -0.861. The van der Waals surface area contributed by atoms with Gasteiger partial charge < -0.3 is 20.7 Å². The SMILES string of the molecule is CC(C)CC(N)(CC(=O)O)NC(CC1CCOC1)C(=O)O. The maximum Gasteiger partial charge on any atom is 0.320 e. The van der Waals surface area contributed by atoms with Crippen LogP contribution in [0, 0.1) is 11.8 Å². The molecule has 7 nitrogen and oxygen atoms in total.